The van der Waals surface area contributed by atoms with E-state index in [4.69, 9.17) is 0 Å². The third-order valence-corrected chi connectivity index (χ3v) is 5.57. The fourth-order valence-electron chi connectivity index (χ4n) is 3.68. The lowest BCUT2D eigenvalue weighted by molar-refractivity contribution is -0.140. The highest BCUT2D eigenvalue weighted by Crippen LogP contribution is 2.35. The van der Waals surface area contributed by atoms with Crippen LogP contribution in [-0.2, 0) is 16.0 Å². The summed E-state index contributed by atoms with van der Waals surface area (Å²) in [7, 11) is 0. The Bertz CT molecular complexity index is 661. The SMILES string of the molecule is CC(C)CCc1ccc(C(CCC(C)C)C(=O)O)c(C(CCC(C)C)C(=O)O)c1. The van der Waals surface area contributed by atoms with Gasteiger partial charge in [0.15, 0.2) is 0 Å². The Kier molecular flexibility index (Phi) is 10.4. The van der Waals surface area contributed by atoms with E-state index < -0.39 is 23.8 Å². The van der Waals surface area contributed by atoms with Gasteiger partial charge in [-0.05, 0) is 73.0 Å². The quantitative estimate of drug-likeness (QED) is 0.394. The second kappa shape index (κ2) is 12.0. The van der Waals surface area contributed by atoms with Gasteiger partial charge in [-0.2, -0.15) is 0 Å². The van der Waals surface area contributed by atoms with Gasteiger partial charge >= 0.3 is 11.9 Å². The summed E-state index contributed by atoms with van der Waals surface area (Å²) in [4.78, 5) is 24.2. The molecule has 29 heavy (non-hydrogen) atoms. The maximum atomic E-state index is 12.2. The van der Waals surface area contributed by atoms with Gasteiger partial charge in [0.05, 0.1) is 11.8 Å². The van der Waals surface area contributed by atoms with E-state index in [1.807, 2.05) is 18.2 Å². The highest BCUT2D eigenvalue weighted by Gasteiger charge is 2.29. The normalized spacial score (nSPS) is 13.8. The Hall–Kier alpha value is -1.84. The third kappa shape index (κ3) is 8.59. The Morgan fingerprint density at radius 3 is 1.55 bits per heavy atom. The number of hydrogen-bond acceptors (Lipinski definition) is 2. The Morgan fingerprint density at radius 1 is 0.690 bits per heavy atom. The van der Waals surface area contributed by atoms with E-state index in [9.17, 15) is 19.8 Å². The maximum Gasteiger partial charge on any atom is 0.310 e. The standard InChI is InChI=1S/C25H40O4/c1-16(2)7-10-19-11-14-20(21(24(26)27)12-8-17(3)4)23(15-19)22(25(28)29)13-9-18(5)6/h11,14-18,21-22H,7-10,12-13H2,1-6H3,(H,26,27)(H,28,29). The van der Waals surface area contributed by atoms with Crippen LogP contribution in [-0.4, -0.2) is 22.2 Å². The molecule has 2 N–H and O–H groups in total. The van der Waals surface area contributed by atoms with Crippen molar-refractivity contribution in [3.63, 3.8) is 0 Å². The van der Waals surface area contributed by atoms with Crippen molar-refractivity contribution in [1.29, 1.82) is 0 Å². The van der Waals surface area contributed by atoms with E-state index in [2.05, 4.69) is 41.5 Å². The zero-order valence-electron chi connectivity index (χ0n) is 19.1. The number of rotatable bonds is 13. The minimum Gasteiger partial charge on any atom is -0.481 e. The lowest BCUT2D eigenvalue weighted by Gasteiger charge is -2.23. The lowest BCUT2D eigenvalue weighted by Crippen LogP contribution is -2.20. The van der Waals surface area contributed by atoms with Crippen molar-refractivity contribution in [3.05, 3.63) is 34.9 Å². The number of aryl methyl sites for hydroxylation is 1. The summed E-state index contributed by atoms with van der Waals surface area (Å²) >= 11 is 0. The van der Waals surface area contributed by atoms with Crippen LogP contribution in [0.4, 0.5) is 0 Å². The van der Waals surface area contributed by atoms with E-state index in [1.165, 1.54) is 0 Å². The average molecular weight is 405 g/mol. The van der Waals surface area contributed by atoms with E-state index in [0.717, 1.165) is 31.2 Å². The predicted molar refractivity (Wildman–Crippen MR) is 118 cm³/mol. The Balaban J connectivity index is 3.39. The first-order valence-electron chi connectivity index (χ1n) is 11.1. The third-order valence-electron chi connectivity index (χ3n) is 5.57. The average Bonchev–Trinajstić information content (AvgIpc) is 2.60. The van der Waals surface area contributed by atoms with Gasteiger partial charge in [-0.1, -0.05) is 59.7 Å². The topological polar surface area (TPSA) is 74.6 Å². The van der Waals surface area contributed by atoms with E-state index >= 15 is 0 Å². The molecule has 0 amide bonds. The molecule has 1 aromatic rings. The molecule has 4 heteroatoms. The maximum absolute atomic E-state index is 12.2. The van der Waals surface area contributed by atoms with Gasteiger partial charge in [0.2, 0.25) is 0 Å². The molecule has 4 nitrogen and oxygen atoms in total. The van der Waals surface area contributed by atoms with Gasteiger partial charge in [0.25, 0.3) is 0 Å². The molecule has 0 bridgehead atoms. The van der Waals surface area contributed by atoms with Gasteiger partial charge in [-0.15, -0.1) is 0 Å². The van der Waals surface area contributed by atoms with Crippen molar-refractivity contribution in [2.75, 3.05) is 0 Å². The summed E-state index contributed by atoms with van der Waals surface area (Å²) in [6, 6.07) is 5.85. The molecule has 0 radical (unpaired) electrons. The molecule has 0 saturated heterocycles. The van der Waals surface area contributed by atoms with Crippen molar-refractivity contribution in [2.24, 2.45) is 17.8 Å². The summed E-state index contributed by atoms with van der Waals surface area (Å²) in [6.07, 6.45) is 4.57. The molecule has 164 valence electrons. The van der Waals surface area contributed by atoms with Crippen molar-refractivity contribution in [1.82, 2.24) is 0 Å². The number of benzene rings is 1. The molecule has 0 aromatic heterocycles. The van der Waals surface area contributed by atoms with Crippen LogP contribution in [0, 0.1) is 17.8 Å². The van der Waals surface area contributed by atoms with Gasteiger partial charge in [0, 0.05) is 0 Å². The molecule has 0 spiro atoms. The van der Waals surface area contributed by atoms with Gasteiger partial charge in [-0.3, -0.25) is 9.59 Å². The number of carbonyl (C=O) groups is 2. The molecule has 1 rings (SSSR count). The predicted octanol–water partition coefficient (Wildman–Crippen LogP) is 6.48. The van der Waals surface area contributed by atoms with Crippen LogP contribution in [0.15, 0.2) is 18.2 Å². The van der Waals surface area contributed by atoms with Gasteiger partial charge in [-0.25, -0.2) is 0 Å². The van der Waals surface area contributed by atoms with Crippen molar-refractivity contribution in [2.45, 2.75) is 91.9 Å². The highest BCUT2D eigenvalue weighted by molar-refractivity contribution is 5.80. The number of hydrogen-bond donors (Lipinski definition) is 2. The molecule has 0 aliphatic carbocycles. The monoisotopic (exact) mass is 404 g/mol. The summed E-state index contributed by atoms with van der Waals surface area (Å²) in [6.45, 7) is 12.7. The van der Waals surface area contributed by atoms with Crippen molar-refractivity contribution < 1.29 is 19.8 Å². The van der Waals surface area contributed by atoms with Crippen LogP contribution in [0.1, 0.15) is 102 Å². The van der Waals surface area contributed by atoms with Crippen LogP contribution in [0.25, 0.3) is 0 Å². The molecule has 2 unspecified atom stereocenters. The molecule has 0 aliphatic heterocycles. The van der Waals surface area contributed by atoms with E-state index in [0.29, 0.717) is 41.7 Å². The lowest BCUT2D eigenvalue weighted by atomic mass is 9.80. The fourth-order valence-corrected chi connectivity index (χ4v) is 3.68. The summed E-state index contributed by atoms with van der Waals surface area (Å²) in [5, 5.41) is 19.9. The second-order valence-electron chi connectivity index (χ2n) is 9.62. The smallest absolute Gasteiger partial charge is 0.310 e. The minimum atomic E-state index is -0.866. The van der Waals surface area contributed by atoms with Crippen molar-refractivity contribution in [3.8, 4) is 0 Å². The molecule has 0 fully saturated rings. The second-order valence-corrected chi connectivity index (χ2v) is 9.62. The van der Waals surface area contributed by atoms with Crippen LogP contribution >= 0.6 is 0 Å². The first-order valence-corrected chi connectivity index (χ1v) is 11.1. The zero-order chi connectivity index (χ0) is 22.1. The highest BCUT2D eigenvalue weighted by atomic mass is 16.4. The number of carboxylic acid groups (broad SMARTS) is 2. The van der Waals surface area contributed by atoms with Crippen LogP contribution in [0.3, 0.4) is 0 Å². The summed E-state index contributed by atoms with van der Waals surface area (Å²) < 4.78 is 0. The molecular formula is C25H40O4. The van der Waals surface area contributed by atoms with Gasteiger partial charge < -0.3 is 10.2 Å². The minimum absolute atomic E-state index is 0.403. The largest absolute Gasteiger partial charge is 0.481 e. The molecule has 0 aliphatic rings. The first kappa shape index (κ1) is 25.2. The van der Waals surface area contributed by atoms with Crippen LogP contribution < -0.4 is 0 Å². The Morgan fingerprint density at radius 2 is 1.14 bits per heavy atom. The zero-order valence-corrected chi connectivity index (χ0v) is 19.1. The first-order chi connectivity index (χ1) is 13.5. The summed E-state index contributed by atoms with van der Waals surface area (Å²) in [5.41, 5.74) is 2.49. The van der Waals surface area contributed by atoms with Gasteiger partial charge in [0.1, 0.15) is 0 Å². The molecule has 0 saturated carbocycles. The molecule has 2 atom stereocenters. The fraction of sp³-hybridized carbons (Fsp3) is 0.680. The van der Waals surface area contributed by atoms with Crippen LogP contribution in [0.5, 0.6) is 0 Å². The summed E-state index contributed by atoms with van der Waals surface area (Å²) in [5.74, 6) is -1.68. The Labute approximate surface area is 176 Å². The molecule has 1 aromatic carbocycles. The number of carboxylic acids is 2. The van der Waals surface area contributed by atoms with Crippen molar-refractivity contribution >= 4 is 11.9 Å². The molecular weight excluding hydrogens is 364 g/mol. The van der Waals surface area contributed by atoms with E-state index in [-0.39, 0.29) is 0 Å². The van der Waals surface area contributed by atoms with Crippen LogP contribution in [0.2, 0.25) is 0 Å². The number of aliphatic carboxylic acids is 2. The van der Waals surface area contributed by atoms with E-state index in [1.54, 1.807) is 0 Å². The molecule has 0 heterocycles.